The predicted octanol–water partition coefficient (Wildman–Crippen LogP) is 3.08. The molecule has 0 aromatic heterocycles. The number of hydrogen-bond donors (Lipinski definition) is 3. The number of nitrogens with one attached hydrogen (secondary N) is 2. The van der Waals surface area contributed by atoms with Crippen LogP contribution in [0.3, 0.4) is 0 Å². The molecule has 1 saturated heterocycles. The van der Waals surface area contributed by atoms with Crippen LogP contribution in [0.2, 0.25) is 0 Å². The Kier molecular flexibility index (Phi) is 9.04. The summed E-state index contributed by atoms with van der Waals surface area (Å²) in [5, 5.41) is 16.8. The summed E-state index contributed by atoms with van der Waals surface area (Å²) in [6.45, 7) is 7.53. The molecule has 1 aliphatic carbocycles. The second-order valence-electron chi connectivity index (χ2n) is 8.09. The van der Waals surface area contributed by atoms with Crippen molar-refractivity contribution in [3.05, 3.63) is 0 Å². The van der Waals surface area contributed by atoms with Crippen molar-refractivity contribution in [3.8, 4) is 0 Å². The molecule has 0 bridgehead atoms. The Balaban J connectivity index is 1.81. The van der Waals surface area contributed by atoms with E-state index in [1.807, 2.05) is 0 Å². The summed E-state index contributed by atoms with van der Waals surface area (Å²) in [6, 6.07) is 0.430. The molecule has 0 aromatic rings. The molecule has 146 valence electrons. The molecule has 1 unspecified atom stereocenters. The molecule has 1 aliphatic heterocycles. The van der Waals surface area contributed by atoms with Crippen LogP contribution < -0.4 is 10.6 Å². The lowest BCUT2D eigenvalue weighted by Crippen LogP contribution is -2.44. The molecule has 0 spiro atoms. The first-order chi connectivity index (χ1) is 12.2. The lowest BCUT2D eigenvalue weighted by Gasteiger charge is -2.34. The zero-order valence-corrected chi connectivity index (χ0v) is 16.4. The molecule has 2 rings (SSSR count). The van der Waals surface area contributed by atoms with Gasteiger partial charge >= 0.3 is 0 Å². The van der Waals surface area contributed by atoms with Crippen LogP contribution in [-0.2, 0) is 4.74 Å². The largest absolute Gasteiger partial charge is 0.396 e. The molecule has 25 heavy (non-hydrogen) atoms. The Hall–Kier alpha value is -0.810. The third-order valence-electron chi connectivity index (χ3n) is 5.92. The van der Waals surface area contributed by atoms with E-state index in [2.05, 4.69) is 24.5 Å². The van der Waals surface area contributed by atoms with Crippen molar-refractivity contribution >= 4 is 5.96 Å². The van der Waals surface area contributed by atoms with Crippen LogP contribution in [-0.4, -0.2) is 50.0 Å². The Morgan fingerprint density at radius 3 is 2.60 bits per heavy atom. The topological polar surface area (TPSA) is 65.9 Å². The standard InChI is InChI=1S/C20H39N3O2/c1-3-21-19(22-15-20(16-24)11-13-25-14-12-20)23-17(2)9-10-18-7-5-4-6-8-18/h17-18,24H,3-16H2,1-2H3,(H2,21,22,23). The maximum Gasteiger partial charge on any atom is 0.191 e. The monoisotopic (exact) mass is 353 g/mol. The summed E-state index contributed by atoms with van der Waals surface area (Å²) in [6.07, 6.45) is 11.4. The summed E-state index contributed by atoms with van der Waals surface area (Å²) < 4.78 is 5.44. The quantitative estimate of drug-likeness (QED) is 0.463. The Labute approximate surface area is 154 Å². The zero-order valence-electron chi connectivity index (χ0n) is 16.4. The number of aliphatic imine (C=N–C) groups is 1. The molecule has 2 aliphatic rings. The first kappa shape index (κ1) is 20.5. The molecular formula is C20H39N3O2. The smallest absolute Gasteiger partial charge is 0.191 e. The van der Waals surface area contributed by atoms with Gasteiger partial charge in [0.05, 0.1) is 13.2 Å². The minimum Gasteiger partial charge on any atom is -0.396 e. The predicted molar refractivity (Wildman–Crippen MR) is 104 cm³/mol. The number of aliphatic hydroxyl groups excluding tert-OH is 1. The van der Waals surface area contributed by atoms with Gasteiger partial charge in [0.1, 0.15) is 0 Å². The number of aliphatic hydroxyl groups is 1. The second kappa shape index (κ2) is 11.0. The first-order valence-corrected chi connectivity index (χ1v) is 10.4. The summed E-state index contributed by atoms with van der Waals surface area (Å²) >= 11 is 0. The highest BCUT2D eigenvalue weighted by atomic mass is 16.5. The molecule has 5 heteroatoms. The molecule has 1 heterocycles. The number of hydrogen-bond acceptors (Lipinski definition) is 3. The fraction of sp³-hybridized carbons (Fsp3) is 0.950. The minimum absolute atomic E-state index is 0.105. The molecular weight excluding hydrogens is 314 g/mol. The van der Waals surface area contributed by atoms with Gasteiger partial charge in [0.15, 0.2) is 5.96 Å². The Morgan fingerprint density at radius 2 is 1.96 bits per heavy atom. The molecule has 0 radical (unpaired) electrons. The molecule has 2 fully saturated rings. The van der Waals surface area contributed by atoms with Crippen LogP contribution in [0.5, 0.6) is 0 Å². The van der Waals surface area contributed by atoms with Gasteiger partial charge in [-0.05, 0) is 45.4 Å². The van der Waals surface area contributed by atoms with E-state index in [4.69, 9.17) is 9.73 Å². The molecule has 0 aromatic carbocycles. The van der Waals surface area contributed by atoms with Crippen molar-refractivity contribution in [2.45, 2.75) is 77.7 Å². The van der Waals surface area contributed by atoms with Crippen molar-refractivity contribution in [2.24, 2.45) is 16.3 Å². The van der Waals surface area contributed by atoms with Crippen LogP contribution in [0.1, 0.15) is 71.6 Å². The van der Waals surface area contributed by atoms with Gasteiger partial charge in [0, 0.05) is 31.2 Å². The molecule has 3 N–H and O–H groups in total. The Bertz CT molecular complexity index is 388. The van der Waals surface area contributed by atoms with Crippen molar-refractivity contribution in [3.63, 3.8) is 0 Å². The molecule has 1 saturated carbocycles. The highest BCUT2D eigenvalue weighted by molar-refractivity contribution is 5.80. The van der Waals surface area contributed by atoms with E-state index in [1.54, 1.807) is 0 Å². The van der Waals surface area contributed by atoms with E-state index in [-0.39, 0.29) is 12.0 Å². The van der Waals surface area contributed by atoms with Crippen molar-refractivity contribution in [1.29, 1.82) is 0 Å². The van der Waals surface area contributed by atoms with E-state index in [0.29, 0.717) is 12.6 Å². The maximum absolute atomic E-state index is 9.83. The summed E-state index contributed by atoms with van der Waals surface area (Å²) in [5.74, 6) is 1.82. The highest BCUT2D eigenvalue weighted by Crippen LogP contribution is 2.30. The van der Waals surface area contributed by atoms with Crippen LogP contribution >= 0.6 is 0 Å². The highest BCUT2D eigenvalue weighted by Gasteiger charge is 2.32. The minimum atomic E-state index is -0.105. The average Bonchev–Trinajstić information content (AvgIpc) is 2.66. The van der Waals surface area contributed by atoms with Crippen molar-refractivity contribution in [1.82, 2.24) is 10.6 Å². The summed E-state index contributed by atoms with van der Waals surface area (Å²) in [5.41, 5.74) is -0.105. The van der Waals surface area contributed by atoms with E-state index in [9.17, 15) is 5.11 Å². The Morgan fingerprint density at radius 1 is 1.24 bits per heavy atom. The number of rotatable bonds is 8. The maximum atomic E-state index is 9.83. The van der Waals surface area contributed by atoms with Crippen molar-refractivity contribution in [2.75, 3.05) is 32.9 Å². The van der Waals surface area contributed by atoms with Gasteiger partial charge in [-0.25, -0.2) is 0 Å². The van der Waals surface area contributed by atoms with Gasteiger partial charge in [0.2, 0.25) is 0 Å². The van der Waals surface area contributed by atoms with Crippen LogP contribution in [0, 0.1) is 11.3 Å². The van der Waals surface area contributed by atoms with Crippen LogP contribution in [0.4, 0.5) is 0 Å². The number of ether oxygens (including phenoxy) is 1. The lowest BCUT2D eigenvalue weighted by atomic mass is 9.81. The van der Waals surface area contributed by atoms with Crippen molar-refractivity contribution < 1.29 is 9.84 Å². The van der Waals surface area contributed by atoms with Gasteiger partial charge in [-0.1, -0.05) is 32.1 Å². The molecule has 0 amide bonds. The number of nitrogens with zero attached hydrogens (tertiary/aromatic N) is 1. The normalized spacial score (nSPS) is 23.2. The fourth-order valence-electron chi connectivity index (χ4n) is 4.00. The van der Waals surface area contributed by atoms with E-state index < -0.39 is 0 Å². The summed E-state index contributed by atoms with van der Waals surface area (Å²) in [4.78, 5) is 4.79. The lowest BCUT2D eigenvalue weighted by molar-refractivity contribution is -0.0106. The zero-order chi connectivity index (χ0) is 18.0. The van der Waals surface area contributed by atoms with Gasteiger partial charge in [-0.2, -0.15) is 0 Å². The van der Waals surface area contributed by atoms with E-state index >= 15 is 0 Å². The van der Waals surface area contributed by atoms with Gasteiger partial charge < -0.3 is 20.5 Å². The van der Waals surface area contributed by atoms with E-state index in [1.165, 1.54) is 44.9 Å². The van der Waals surface area contributed by atoms with Gasteiger partial charge in [-0.3, -0.25) is 4.99 Å². The van der Waals surface area contributed by atoms with Gasteiger partial charge in [0.25, 0.3) is 0 Å². The SMILES string of the molecule is CCNC(=NCC1(CO)CCOCC1)NC(C)CCC1CCCCC1. The third-order valence-corrected chi connectivity index (χ3v) is 5.92. The fourth-order valence-corrected chi connectivity index (χ4v) is 4.00. The second-order valence-corrected chi connectivity index (χ2v) is 8.09. The molecule has 1 atom stereocenters. The average molecular weight is 354 g/mol. The third kappa shape index (κ3) is 7.14. The molecule has 5 nitrogen and oxygen atoms in total. The van der Waals surface area contributed by atoms with Crippen LogP contribution in [0.25, 0.3) is 0 Å². The van der Waals surface area contributed by atoms with E-state index in [0.717, 1.165) is 44.5 Å². The first-order valence-electron chi connectivity index (χ1n) is 10.4. The van der Waals surface area contributed by atoms with Crippen LogP contribution in [0.15, 0.2) is 4.99 Å². The summed E-state index contributed by atoms with van der Waals surface area (Å²) in [7, 11) is 0. The van der Waals surface area contributed by atoms with Gasteiger partial charge in [-0.15, -0.1) is 0 Å². The number of guanidine groups is 1.